The second-order valence-electron chi connectivity index (χ2n) is 11.3. The SMILES string of the molecule is Cn1ccnc1-c1[c-]cccc1.Cn1ccnc1-c1[c-]cccc1.[Pt+2].[Pt+2].c1ccc2c(c1)[n-]c1ncccc12.c1ccc2c(c1)[n-]c1ncccc12. The third kappa shape index (κ3) is 8.71. The van der Waals surface area contributed by atoms with Crippen LogP contribution in [0, 0.1) is 12.1 Å². The number of pyridine rings is 2. The quantitative estimate of drug-likeness (QED) is 0.162. The number of para-hydroxylation sites is 2. The van der Waals surface area contributed by atoms with Crippen LogP contribution in [0.2, 0.25) is 0 Å². The molecular weight excluding hydrogens is 1010 g/mol. The van der Waals surface area contributed by atoms with Gasteiger partial charge in [-0.05, 0) is 32.6 Å². The van der Waals surface area contributed by atoms with Crippen LogP contribution in [0.15, 0.2) is 159 Å². The maximum atomic E-state index is 4.40. The summed E-state index contributed by atoms with van der Waals surface area (Å²) in [6.45, 7) is 0. The molecule has 0 fully saturated rings. The Balaban J connectivity index is 0.000000132. The minimum atomic E-state index is 0. The van der Waals surface area contributed by atoms with E-state index in [9.17, 15) is 0 Å². The van der Waals surface area contributed by atoms with Gasteiger partial charge in [0.15, 0.2) is 0 Å². The number of aryl methyl sites for hydroxylation is 2. The Hall–Kier alpha value is -5.42. The average molecular weight is 1040 g/mol. The molecule has 0 unspecified atom stereocenters. The van der Waals surface area contributed by atoms with Crippen LogP contribution in [-0.2, 0) is 56.2 Å². The summed E-state index contributed by atoms with van der Waals surface area (Å²) in [6.07, 6.45) is 11.0. The molecule has 0 radical (unpaired) electrons. The van der Waals surface area contributed by atoms with Crippen molar-refractivity contribution in [3.05, 3.63) is 171 Å². The summed E-state index contributed by atoms with van der Waals surface area (Å²) in [5, 5.41) is 4.65. The fourth-order valence-electron chi connectivity index (χ4n) is 5.53. The van der Waals surface area contributed by atoms with Gasteiger partial charge in [-0.15, -0.1) is 71.8 Å². The van der Waals surface area contributed by atoms with Crippen molar-refractivity contribution in [2.45, 2.75) is 0 Å². The van der Waals surface area contributed by atoms with Crippen LogP contribution >= 0.6 is 0 Å². The third-order valence-corrected chi connectivity index (χ3v) is 7.96. The molecular formula is C42H32N8Pt2. The van der Waals surface area contributed by atoms with E-state index in [1.54, 1.807) is 24.8 Å². The van der Waals surface area contributed by atoms with Gasteiger partial charge >= 0.3 is 42.1 Å². The number of rotatable bonds is 2. The number of benzene rings is 4. The van der Waals surface area contributed by atoms with E-state index in [-0.39, 0.29) is 42.1 Å². The molecule has 0 saturated carbocycles. The third-order valence-electron chi connectivity index (χ3n) is 7.96. The van der Waals surface area contributed by atoms with E-state index in [0.29, 0.717) is 0 Å². The van der Waals surface area contributed by atoms with Gasteiger partial charge in [-0.3, -0.25) is 9.97 Å². The predicted molar refractivity (Wildman–Crippen MR) is 200 cm³/mol. The Morgan fingerprint density at radius 2 is 0.846 bits per heavy atom. The molecule has 260 valence electrons. The monoisotopic (exact) mass is 1040 g/mol. The first kappa shape index (κ1) is 37.8. The van der Waals surface area contributed by atoms with Crippen molar-refractivity contribution in [1.82, 2.24) is 39.0 Å². The van der Waals surface area contributed by atoms with Crippen LogP contribution in [0.3, 0.4) is 0 Å². The zero-order valence-corrected chi connectivity index (χ0v) is 32.8. The van der Waals surface area contributed by atoms with Gasteiger partial charge in [-0.25, -0.2) is 0 Å². The summed E-state index contributed by atoms with van der Waals surface area (Å²) in [5.74, 6) is 1.91. The number of nitrogens with zero attached hydrogens (tertiary/aromatic N) is 8. The van der Waals surface area contributed by atoms with Crippen molar-refractivity contribution in [3.63, 3.8) is 0 Å². The standard InChI is InChI=1S/2C11H7N2.2C10H9N2.2Pt/c2*1-2-6-10-8(4-1)9-5-3-7-12-11(9)13-10;2*1-12-8-7-11-10(12)9-5-3-2-4-6-9;;/h2*1-7H;2*2-5,7-8H,1H3;;/q4*-1;2*+2. The second kappa shape index (κ2) is 18.2. The van der Waals surface area contributed by atoms with Gasteiger partial charge < -0.3 is 29.1 Å². The molecule has 0 aliphatic heterocycles. The predicted octanol–water partition coefficient (Wildman–Crippen LogP) is 8.46. The van der Waals surface area contributed by atoms with E-state index in [1.165, 1.54) is 10.8 Å². The van der Waals surface area contributed by atoms with E-state index in [1.807, 2.05) is 133 Å². The van der Waals surface area contributed by atoms with Crippen LogP contribution < -0.4 is 9.97 Å². The number of imidazole rings is 2. The second-order valence-corrected chi connectivity index (χ2v) is 11.3. The zero-order chi connectivity index (χ0) is 34.1. The van der Waals surface area contributed by atoms with E-state index < -0.39 is 0 Å². The van der Waals surface area contributed by atoms with Gasteiger partial charge in [0.2, 0.25) is 0 Å². The van der Waals surface area contributed by atoms with E-state index in [2.05, 4.69) is 66.3 Å². The smallest absolute Gasteiger partial charge is 0.442 e. The molecule has 0 spiro atoms. The van der Waals surface area contributed by atoms with Gasteiger partial charge in [0, 0.05) is 38.9 Å². The zero-order valence-electron chi connectivity index (χ0n) is 28.2. The Morgan fingerprint density at radius 3 is 1.23 bits per heavy atom. The molecule has 0 aliphatic carbocycles. The molecule has 10 rings (SSSR count). The molecule has 0 aliphatic rings. The summed E-state index contributed by atoms with van der Waals surface area (Å²) >= 11 is 0. The van der Waals surface area contributed by atoms with Gasteiger partial charge in [0.05, 0.1) is 11.6 Å². The molecule has 10 heteroatoms. The first-order valence-electron chi connectivity index (χ1n) is 16.1. The largest absolute Gasteiger partial charge is 2.00 e. The Morgan fingerprint density at radius 1 is 0.442 bits per heavy atom. The maximum Gasteiger partial charge on any atom is 2.00 e. The molecule has 6 aromatic heterocycles. The summed E-state index contributed by atoms with van der Waals surface area (Å²) in [7, 11) is 3.95. The summed E-state index contributed by atoms with van der Waals surface area (Å²) in [6, 6.07) is 46.1. The first-order chi connectivity index (χ1) is 24.7. The molecule has 6 heterocycles. The topological polar surface area (TPSA) is 89.6 Å². The van der Waals surface area contributed by atoms with E-state index >= 15 is 0 Å². The van der Waals surface area contributed by atoms with Gasteiger partial charge in [0.1, 0.15) is 0 Å². The molecule has 8 nitrogen and oxygen atoms in total. The van der Waals surface area contributed by atoms with Gasteiger partial charge in [-0.1, -0.05) is 96.5 Å². The van der Waals surface area contributed by atoms with Crippen molar-refractivity contribution < 1.29 is 42.1 Å². The summed E-state index contributed by atoms with van der Waals surface area (Å²) in [5.41, 5.74) is 5.79. The van der Waals surface area contributed by atoms with Crippen molar-refractivity contribution in [3.8, 4) is 22.8 Å². The molecule has 0 N–H and O–H groups in total. The molecule has 0 atom stereocenters. The van der Waals surface area contributed by atoms with Gasteiger partial charge in [-0.2, -0.15) is 0 Å². The van der Waals surface area contributed by atoms with Crippen LogP contribution in [0.1, 0.15) is 0 Å². The van der Waals surface area contributed by atoms with Crippen LogP contribution in [0.5, 0.6) is 0 Å². The van der Waals surface area contributed by atoms with Crippen LogP contribution in [0.25, 0.3) is 66.6 Å². The Kier molecular flexibility index (Phi) is 13.2. The molecule has 4 aromatic carbocycles. The van der Waals surface area contributed by atoms with Crippen LogP contribution in [-0.4, -0.2) is 29.1 Å². The summed E-state index contributed by atoms with van der Waals surface area (Å²) in [4.78, 5) is 25.7. The van der Waals surface area contributed by atoms with Crippen molar-refractivity contribution in [1.29, 1.82) is 0 Å². The number of hydrogen-bond donors (Lipinski definition) is 0. The fraction of sp³-hybridized carbons (Fsp3) is 0.0476. The Labute approximate surface area is 330 Å². The molecule has 52 heavy (non-hydrogen) atoms. The Bertz CT molecular complexity index is 2310. The normalized spacial score (nSPS) is 10.2. The van der Waals surface area contributed by atoms with Gasteiger partial charge in [0.25, 0.3) is 0 Å². The summed E-state index contributed by atoms with van der Waals surface area (Å²) < 4.78 is 3.96. The minimum Gasteiger partial charge on any atom is -0.442 e. The molecule has 0 saturated heterocycles. The molecule has 0 amide bonds. The van der Waals surface area contributed by atoms with E-state index in [0.717, 1.165) is 55.9 Å². The number of hydrogen-bond acceptors (Lipinski definition) is 4. The van der Waals surface area contributed by atoms with Crippen molar-refractivity contribution >= 4 is 43.9 Å². The van der Waals surface area contributed by atoms with Crippen LogP contribution in [0.4, 0.5) is 0 Å². The maximum absolute atomic E-state index is 4.40. The first-order valence-corrected chi connectivity index (χ1v) is 16.1. The van der Waals surface area contributed by atoms with Crippen molar-refractivity contribution in [2.24, 2.45) is 14.1 Å². The number of aromatic nitrogens is 8. The average Bonchev–Trinajstić information content (AvgIpc) is 3.98. The van der Waals surface area contributed by atoms with E-state index in [4.69, 9.17) is 0 Å². The molecule has 10 aromatic rings. The molecule has 0 bridgehead atoms. The number of fused-ring (bicyclic) bond motifs is 6. The van der Waals surface area contributed by atoms with Crippen molar-refractivity contribution in [2.75, 3.05) is 0 Å². The fourth-order valence-corrected chi connectivity index (χ4v) is 5.53. The minimum absolute atomic E-state index is 0.